The summed E-state index contributed by atoms with van der Waals surface area (Å²) >= 11 is 0. The predicted molar refractivity (Wildman–Crippen MR) is 80.6 cm³/mol. The molecule has 0 aliphatic heterocycles. The lowest BCUT2D eigenvalue weighted by Gasteiger charge is -2.10. The monoisotopic (exact) mass is 294 g/mol. The number of pyridine rings is 1. The standard InChI is InChI=1S/C14H18N2O3S/c1-2-20(17,18)10-4-9-19-13-7-6-12(15)11-5-3-8-16-14(11)13/h3,5-8H,2,4,9-10,15H2,1H3. The molecular weight excluding hydrogens is 276 g/mol. The van der Waals surface area contributed by atoms with Crippen molar-refractivity contribution in [2.75, 3.05) is 23.8 Å². The summed E-state index contributed by atoms with van der Waals surface area (Å²) in [7, 11) is -2.94. The topological polar surface area (TPSA) is 82.3 Å². The fraction of sp³-hybridized carbons (Fsp3) is 0.357. The Morgan fingerprint density at radius 1 is 1.30 bits per heavy atom. The van der Waals surface area contributed by atoms with Crippen molar-refractivity contribution in [1.29, 1.82) is 0 Å². The first-order chi connectivity index (χ1) is 9.53. The normalized spacial score (nSPS) is 11.7. The molecule has 2 rings (SSSR count). The predicted octanol–water partition coefficient (Wildman–Crippen LogP) is 2.02. The highest BCUT2D eigenvalue weighted by Gasteiger charge is 2.09. The Kier molecular flexibility index (Phi) is 4.44. The number of hydrogen-bond donors (Lipinski definition) is 1. The lowest BCUT2D eigenvalue weighted by atomic mass is 10.2. The van der Waals surface area contributed by atoms with E-state index in [0.717, 1.165) is 5.39 Å². The number of fused-ring (bicyclic) bond motifs is 1. The molecule has 2 N–H and O–H groups in total. The first kappa shape index (κ1) is 14.6. The van der Waals surface area contributed by atoms with Crippen molar-refractivity contribution < 1.29 is 13.2 Å². The number of anilines is 1. The van der Waals surface area contributed by atoms with Gasteiger partial charge in [-0.05, 0) is 30.7 Å². The van der Waals surface area contributed by atoms with Crippen LogP contribution in [0.5, 0.6) is 5.75 Å². The van der Waals surface area contributed by atoms with Crippen molar-refractivity contribution in [2.24, 2.45) is 0 Å². The molecular formula is C14H18N2O3S. The molecule has 1 aromatic carbocycles. The summed E-state index contributed by atoms with van der Waals surface area (Å²) in [5.41, 5.74) is 7.23. The van der Waals surface area contributed by atoms with Gasteiger partial charge in [0.1, 0.15) is 21.1 Å². The Morgan fingerprint density at radius 3 is 2.85 bits per heavy atom. The fourth-order valence-electron chi connectivity index (χ4n) is 1.89. The van der Waals surface area contributed by atoms with E-state index in [2.05, 4.69) is 4.98 Å². The third-order valence-corrected chi connectivity index (χ3v) is 4.85. The molecule has 6 heteroatoms. The summed E-state index contributed by atoms with van der Waals surface area (Å²) in [5, 5.41) is 0.839. The Labute approximate surface area is 118 Å². The lowest BCUT2D eigenvalue weighted by molar-refractivity contribution is 0.321. The van der Waals surface area contributed by atoms with Crippen molar-refractivity contribution in [3.63, 3.8) is 0 Å². The van der Waals surface area contributed by atoms with Gasteiger partial charge in [0.2, 0.25) is 0 Å². The number of nitrogens with zero attached hydrogens (tertiary/aromatic N) is 1. The average molecular weight is 294 g/mol. The molecule has 1 heterocycles. The number of rotatable bonds is 6. The molecule has 0 fully saturated rings. The van der Waals surface area contributed by atoms with Gasteiger partial charge in [-0.15, -0.1) is 0 Å². The molecule has 108 valence electrons. The van der Waals surface area contributed by atoms with E-state index in [1.165, 1.54) is 0 Å². The minimum absolute atomic E-state index is 0.143. The van der Waals surface area contributed by atoms with E-state index in [9.17, 15) is 8.42 Å². The van der Waals surface area contributed by atoms with Gasteiger partial charge in [-0.2, -0.15) is 0 Å². The summed E-state index contributed by atoms with van der Waals surface area (Å²) in [5.74, 6) is 0.937. The van der Waals surface area contributed by atoms with Crippen molar-refractivity contribution in [1.82, 2.24) is 4.98 Å². The van der Waals surface area contributed by atoms with Crippen molar-refractivity contribution in [3.05, 3.63) is 30.5 Å². The first-order valence-corrected chi connectivity index (χ1v) is 8.32. The zero-order chi connectivity index (χ0) is 14.6. The van der Waals surface area contributed by atoms with Crippen LogP contribution in [0, 0.1) is 0 Å². The van der Waals surface area contributed by atoms with Gasteiger partial charge in [0.25, 0.3) is 0 Å². The lowest BCUT2D eigenvalue weighted by Crippen LogP contribution is -2.12. The van der Waals surface area contributed by atoms with Gasteiger partial charge in [-0.1, -0.05) is 6.92 Å². The third kappa shape index (κ3) is 3.39. The van der Waals surface area contributed by atoms with Crippen LogP contribution in [0.3, 0.4) is 0 Å². The van der Waals surface area contributed by atoms with Gasteiger partial charge in [0.15, 0.2) is 0 Å². The highest BCUT2D eigenvalue weighted by molar-refractivity contribution is 7.91. The number of sulfone groups is 1. The Bertz CT molecular complexity index is 699. The van der Waals surface area contributed by atoms with E-state index in [-0.39, 0.29) is 11.5 Å². The van der Waals surface area contributed by atoms with Gasteiger partial charge in [-0.3, -0.25) is 4.98 Å². The minimum atomic E-state index is -2.94. The second kappa shape index (κ2) is 6.09. The Balaban J connectivity index is 2.06. The molecule has 0 bridgehead atoms. The molecule has 0 atom stereocenters. The van der Waals surface area contributed by atoms with Crippen molar-refractivity contribution >= 4 is 26.4 Å². The first-order valence-electron chi connectivity index (χ1n) is 6.50. The molecule has 0 saturated carbocycles. The van der Waals surface area contributed by atoms with E-state index in [4.69, 9.17) is 10.5 Å². The van der Waals surface area contributed by atoms with Gasteiger partial charge in [0, 0.05) is 23.0 Å². The van der Waals surface area contributed by atoms with Crippen LogP contribution in [0.25, 0.3) is 10.9 Å². The summed E-state index contributed by atoms with van der Waals surface area (Å²) in [6.07, 6.45) is 2.14. The third-order valence-electron chi connectivity index (χ3n) is 3.06. The fourth-order valence-corrected chi connectivity index (χ4v) is 2.74. The van der Waals surface area contributed by atoms with Crippen LogP contribution >= 0.6 is 0 Å². The maximum atomic E-state index is 11.4. The molecule has 1 aromatic heterocycles. The van der Waals surface area contributed by atoms with Gasteiger partial charge in [-0.25, -0.2) is 8.42 Å². The van der Waals surface area contributed by atoms with Crippen LogP contribution in [0.4, 0.5) is 5.69 Å². The maximum absolute atomic E-state index is 11.4. The number of ether oxygens (including phenoxy) is 1. The number of hydrogen-bond acceptors (Lipinski definition) is 5. The van der Waals surface area contributed by atoms with Crippen LogP contribution in [-0.4, -0.2) is 31.5 Å². The second-order valence-electron chi connectivity index (χ2n) is 4.49. The highest BCUT2D eigenvalue weighted by Crippen LogP contribution is 2.28. The van der Waals surface area contributed by atoms with Gasteiger partial charge < -0.3 is 10.5 Å². The molecule has 0 spiro atoms. The molecule has 0 unspecified atom stereocenters. The number of aromatic nitrogens is 1. The largest absolute Gasteiger partial charge is 0.491 e. The van der Waals surface area contributed by atoms with Crippen LogP contribution in [0.1, 0.15) is 13.3 Å². The van der Waals surface area contributed by atoms with Crippen molar-refractivity contribution in [3.8, 4) is 5.75 Å². The molecule has 0 aliphatic carbocycles. The Morgan fingerprint density at radius 2 is 2.10 bits per heavy atom. The zero-order valence-electron chi connectivity index (χ0n) is 11.4. The van der Waals surface area contributed by atoms with Crippen LogP contribution in [0.15, 0.2) is 30.5 Å². The van der Waals surface area contributed by atoms with E-state index in [1.54, 1.807) is 25.3 Å². The van der Waals surface area contributed by atoms with Crippen LogP contribution in [0.2, 0.25) is 0 Å². The quantitative estimate of drug-likeness (QED) is 0.651. The highest BCUT2D eigenvalue weighted by atomic mass is 32.2. The maximum Gasteiger partial charge on any atom is 0.150 e. The summed E-state index contributed by atoms with van der Waals surface area (Å²) in [6.45, 7) is 1.99. The number of nitrogen functional groups attached to an aromatic ring is 1. The van der Waals surface area contributed by atoms with Crippen LogP contribution < -0.4 is 10.5 Å². The molecule has 20 heavy (non-hydrogen) atoms. The summed E-state index contributed by atoms with van der Waals surface area (Å²) < 4.78 is 28.4. The smallest absolute Gasteiger partial charge is 0.150 e. The van der Waals surface area contributed by atoms with Crippen molar-refractivity contribution in [2.45, 2.75) is 13.3 Å². The summed E-state index contributed by atoms with van der Waals surface area (Å²) in [6, 6.07) is 7.23. The minimum Gasteiger partial charge on any atom is -0.491 e. The molecule has 5 nitrogen and oxygen atoms in total. The van der Waals surface area contributed by atoms with Crippen LogP contribution in [-0.2, 0) is 9.84 Å². The van der Waals surface area contributed by atoms with E-state index < -0.39 is 9.84 Å². The molecule has 2 aromatic rings. The average Bonchev–Trinajstić information content (AvgIpc) is 2.46. The van der Waals surface area contributed by atoms with E-state index >= 15 is 0 Å². The van der Waals surface area contributed by atoms with Gasteiger partial charge in [0.05, 0.1) is 12.4 Å². The second-order valence-corrected chi connectivity index (χ2v) is 6.96. The molecule has 0 saturated heterocycles. The SMILES string of the molecule is CCS(=O)(=O)CCCOc1ccc(N)c2cccnc12. The summed E-state index contributed by atoms with van der Waals surface area (Å²) in [4.78, 5) is 4.26. The van der Waals surface area contributed by atoms with E-state index in [1.807, 2.05) is 12.1 Å². The Hall–Kier alpha value is -1.82. The molecule has 0 radical (unpaired) electrons. The molecule has 0 aliphatic rings. The van der Waals surface area contributed by atoms with Gasteiger partial charge >= 0.3 is 0 Å². The molecule has 0 amide bonds. The number of nitrogens with two attached hydrogens (primary N) is 1. The van der Waals surface area contributed by atoms with E-state index in [0.29, 0.717) is 30.0 Å². The zero-order valence-corrected chi connectivity index (χ0v) is 12.2. The number of benzene rings is 1.